The standard InChI is InChI=1S/C27H32F3N3O2/c1-4-14-33(26(35)19(2)3)18-25(34)32(17-20-9-11-22(12-10-20)27(28,29)30)15-13-21-16-31-24-8-6-5-7-23(21)24/h5-12,16,19,31H,4,13-15,17-18H2,1-3H3. The van der Waals surface area contributed by atoms with Crippen LogP contribution in [0.2, 0.25) is 0 Å². The minimum absolute atomic E-state index is 0.0562. The van der Waals surface area contributed by atoms with E-state index >= 15 is 0 Å². The van der Waals surface area contributed by atoms with E-state index in [1.165, 1.54) is 12.1 Å². The van der Waals surface area contributed by atoms with Crippen molar-refractivity contribution in [3.05, 3.63) is 71.4 Å². The number of carbonyl (C=O) groups is 2. The van der Waals surface area contributed by atoms with Crippen LogP contribution in [0.5, 0.6) is 0 Å². The fraction of sp³-hybridized carbons (Fsp3) is 0.407. The predicted molar refractivity (Wildman–Crippen MR) is 131 cm³/mol. The number of halogens is 3. The molecule has 8 heteroatoms. The van der Waals surface area contributed by atoms with E-state index in [0.717, 1.165) is 35.0 Å². The first-order valence-corrected chi connectivity index (χ1v) is 11.9. The fourth-order valence-electron chi connectivity index (χ4n) is 4.07. The Balaban J connectivity index is 1.80. The summed E-state index contributed by atoms with van der Waals surface area (Å²) in [7, 11) is 0. The number of para-hydroxylation sites is 1. The number of nitrogens with zero attached hydrogens (tertiary/aromatic N) is 2. The molecule has 2 amide bonds. The third-order valence-corrected chi connectivity index (χ3v) is 5.96. The summed E-state index contributed by atoms with van der Waals surface area (Å²) in [5.74, 6) is -0.553. The van der Waals surface area contributed by atoms with Crippen LogP contribution in [0.15, 0.2) is 54.7 Å². The van der Waals surface area contributed by atoms with Gasteiger partial charge in [0, 0.05) is 42.7 Å². The Hall–Kier alpha value is -3.29. The molecule has 0 atom stereocenters. The van der Waals surface area contributed by atoms with Gasteiger partial charge < -0.3 is 14.8 Å². The summed E-state index contributed by atoms with van der Waals surface area (Å²) >= 11 is 0. The highest BCUT2D eigenvalue weighted by atomic mass is 19.4. The summed E-state index contributed by atoms with van der Waals surface area (Å²) in [6.07, 6.45) is -1.21. The molecule has 0 saturated carbocycles. The molecular formula is C27H32F3N3O2. The average molecular weight is 488 g/mol. The molecule has 188 valence electrons. The van der Waals surface area contributed by atoms with E-state index in [9.17, 15) is 22.8 Å². The van der Waals surface area contributed by atoms with Gasteiger partial charge in [-0.25, -0.2) is 0 Å². The zero-order valence-electron chi connectivity index (χ0n) is 20.4. The van der Waals surface area contributed by atoms with Gasteiger partial charge in [-0.15, -0.1) is 0 Å². The quantitative estimate of drug-likeness (QED) is 0.402. The molecule has 0 bridgehead atoms. The maximum atomic E-state index is 13.4. The number of benzene rings is 2. The Kier molecular flexibility index (Phi) is 8.59. The lowest BCUT2D eigenvalue weighted by atomic mass is 10.1. The second kappa shape index (κ2) is 11.4. The number of rotatable bonds is 10. The lowest BCUT2D eigenvalue weighted by Gasteiger charge is -2.29. The van der Waals surface area contributed by atoms with E-state index < -0.39 is 11.7 Å². The van der Waals surface area contributed by atoms with Crippen molar-refractivity contribution >= 4 is 22.7 Å². The minimum Gasteiger partial charge on any atom is -0.361 e. The maximum Gasteiger partial charge on any atom is 0.416 e. The fourth-order valence-corrected chi connectivity index (χ4v) is 4.07. The van der Waals surface area contributed by atoms with Crippen molar-refractivity contribution < 1.29 is 22.8 Å². The first-order valence-electron chi connectivity index (χ1n) is 11.9. The molecule has 0 fully saturated rings. The Morgan fingerprint density at radius 1 is 0.971 bits per heavy atom. The lowest BCUT2D eigenvalue weighted by molar-refractivity contribution is -0.142. The van der Waals surface area contributed by atoms with Crippen molar-refractivity contribution in [2.24, 2.45) is 5.92 Å². The second-order valence-electron chi connectivity index (χ2n) is 9.03. The highest BCUT2D eigenvalue weighted by Gasteiger charge is 2.30. The van der Waals surface area contributed by atoms with Gasteiger partial charge in [0.2, 0.25) is 11.8 Å². The molecule has 3 aromatic rings. The summed E-state index contributed by atoms with van der Waals surface area (Å²) in [6, 6.07) is 12.7. The molecule has 0 radical (unpaired) electrons. The SMILES string of the molecule is CCCN(CC(=O)N(CCc1c[nH]c2ccccc12)Cc1ccc(C(F)(F)F)cc1)C(=O)C(C)C. The summed E-state index contributed by atoms with van der Waals surface area (Å²) in [4.78, 5) is 32.4. The highest BCUT2D eigenvalue weighted by Crippen LogP contribution is 2.29. The van der Waals surface area contributed by atoms with Crippen LogP contribution in [0.1, 0.15) is 43.9 Å². The molecule has 0 aliphatic heterocycles. The number of alkyl halides is 3. The number of hydrogen-bond acceptors (Lipinski definition) is 2. The zero-order valence-corrected chi connectivity index (χ0v) is 20.4. The number of hydrogen-bond donors (Lipinski definition) is 1. The van der Waals surface area contributed by atoms with Crippen LogP contribution in [-0.2, 0) is 28.7 Å². The van der Waals surface area contributed by atoms with E-state index in [4.69, 9.17) is 0 Å². The average Bonchev–Trinajstić information content (AvgIpc) is 3.23. The van der Waals surface area contributed by atoms with Gasteiger partial charge in [-0.1, -0.05) is 51.1 Å². The van der Waals surface area contributed by atoms with Gasteiger partial charge in [-0.2, -0.15) is 13.2 Å². The molecule has 1 aromatic heterocycles. The summed E-state index contributed by atoms with van der Waals surface area (Å²) in [6.45, 7) is 6.49. The van der Waals surface area contributed by atoms with Crippen molar-refractivity contribution in [1.82, 2.24) is 14.8 Å². The zero-order chi connectivity index (χ0) is 25.6. The van der Waals surface area contributed by atoms with Crippen LogP contribution < -0.4 is 0 Å². The van der Waals surface area contributed by atoms with E-state index in [-0.39, 0.29) is 30.8 Å². The van der Waals surface area contributed by atoms with E-state index in [0.29, 0.717) is 25.1 Å². The highest BCUT2D eigenvalue weighted by molar-refractivity contribution is 5.86. The van der Waals surface area contributed by atoms with Gasteiger partial charge in [0.25, 0.3) is 0 Å². The van der Waals surface area contributed by atoms with E-state index in [2.05, 4.69) is 4.98 Å². The summed E-state index contributed by atoms with van der Waals surface area (Å²) in [5.41, 5.74) is 1.92. The topological polar surface area (TPSA) is 56.4 Å². The summed E-state index contributed by atoms with van der Waals surface area (Å²) in [5, 5.41) is 1.07. The Morgan fingerprint density at radius 3 is 2.29 bits per heavy atom. The van der Waals surface area contributed by atoms with Gasteiger partial charge in [0.05, 0.1) is 12.1 Å². The van der Waals surface area contributed by atoms with Crippen LogP contribution in [0.4, 0.5) is 13.2 Å². The molecule has 0 unspecified atom stereocenters. The second-order valence-corrected chi connectivity index (χ2v) is 9.03. The van der Waals surface area contributed by atoms with Gasteiger partial charge >= 0.3 is 6.18 Å². The molecule has 1 heterocycles. The third-order valence-electron chi connectivity index (χ3n) is 5.96. The maximum absolute atomic E-state index is 13.4. The number of amides is 2. The lowest BCUT2D eigenvalue weighted by Crippen LogP contribution is -2.44. The van der Waals surface area contributed by atoms with Gasteiger partial charge in [0.15, 0.2) is 0 Å². The van der Waals surface area contributed by atoms with Gasteiger partial charge in [-0.3, -0.25) is 9.59 Å². The number of carbonyl (C=O) groups excluding carboxylic acids is 2. The number of aromatic nitrogens is 1. The van der Waals surface area contributed by atoms with Gasteiger partial charge in [0.1, 0.15) is 0 Å². The minimum atomic E-state index is -4.42. The molecule has 1 N–H and O–H groups in total. The van der Waals surface area contributed by atoms with Crippen LogP contribution in [-0.4, -0.2) is 46.2 Å². The van der Waals surface area contributed by atoms with Crippen molar-refractivity contribution in [2.75, 3.05) is 19.6 Å². The van der Waals surface area contributed by atoms with Crippen LogP contribution in [0.3, 0.4) is 0 Å². The number of aromatic amines is 1. The first-order chi connectivity index (χ1) is 16.6. The van der Waals surface area contributed by atoms with Crippen molar-refractivity contribution in [3.63, 3.8) is 0 Å². The number of fused-ring (bicyclic) bond motifs is 1. The van der Waals surface area contributed by atoms with Crippen LogP contribution in [0.25, 0.3) is 10.9 Å². The van der Waals surface area contributed by atoms with Gasteiger partial charge in [-0.05, 0) is 42.2 Å². The predicted octanol–water partition coefficient (Wildman–Crippen LogP) is 5.65. The van der Waals surface area contributed by atoms with E-state index in [1.54, 1.807) is 23.6 Å². The molecule has 5 nitrogen and oxygen atoms in total. The smallest absolute Gasteiger partial charge is 0.361 e. The summed E-state index contributed by atoms with van der Waals surface area (Å²) < 4.78 is 38.9. The Labute approximate surface area is 203 Å². The van der Waals surface area contributed by atoms with Crippen molar-refractivity contribution in [3.8, 4) is 0 Å². The van der Waals surface area contributed by atoms with Crippen LogP contribution >= 0.6 is 0 Å². The molecule has 0 aliphatic rings. The third kappa shape index (κ3) is 6.87. The largest absolute Gasteiger partial charge is 0.416 e. The molecule has 0 aliphatic carbocycles. The molecular weight excluding hydrogens is 455 g/mol. The van der Waals surface area contributed by atoms with Crippen molar-refractivity contribution in [2.45, 2.75) is 46.3 Å². The molecule has 3 rings (SSSR count). The Morgan fingerprint density at radius 2 is 1.66 bits per heavy atom. The molecule has 35 heavy (non-hydrogen) atoms. The first kappa shape index (κ1) is 26.3. The normalized spacial score (nSPS) is 11.7. The van der Waals surface area contributed by atoms with Crippen molar-refractivity contribution in [1.29, 1.82) is 0 Å². The Bertz CT molecular complexity index is 1140. The van der Waals surface area contributed by atoms with E-state index in [1.807, 2.05) is 37.4 Å². The molecule has 0 spiro atoms. The molecule has 0 saturated heterocycles. The molecule has 2 aromatic carbocycles. The number of nitrogens with one attached hydrogen (secondary N) is 1. The van der Waals surface area contributed by atoms with Crippen LogP contribution in [0, 0.1) is 5.92 Å². The monoisotopic (exact) mass is 487 g/mol. The number of H-pyrrole nitrogens is 1.